The number of rotatable bonds is 5. The molecule has 0 radical (unpaired) electrons. The van der Waals surface area contributed by atoms with Crippen LogP contribution in [0.15, 0.2) is 29.0 Å². The van der Waals surface area contributed by atoms with E-state index in [-0.39, 0.29) is 0 Å². The van der Waals surface area contributed by atoms with Crippen LogP contribution in [0.25, 0.3) is 0 Å². The predicted molar refractivity (Wildman–Crippen MR) is 61.8 cm³/mol. The average Bonchev–Trinajstić information content (AvgIpc) is 2.97. The van der Waals surface area contributed by atoms with Crippen LogP contribution in [0.5, 0.6) is 5.75 Å². The number of furan rings is 1. The molecule has 17 heavy (non-hydrogen) atoms. The predicted octanol–water partition coefficient (Wildman–Crippen LogP) is 1.98. The molecule has 2 heterocycles. The zero-order chi connectivity index (χ0) is 12.3. The highest BCUT2D eigenvalue weighted by Crippen LogP contribution is 2.30. The molecule has 0 amide bonds. The van der Waals surface area contributed by atoms with Gasteiger partial charge in [0.15, 0.2) is 11.9 Å². The van der Waals surface area contributed by atoms with Crippen LogP contribution in [-0.4, -0.2) is 22.0 Å². The Hall–Kier alpha value is -1.75. The second-order valence-corrected chi connectivity index (χ2v) is 3.74. The molecule has 2 rings (SSSR count). The standard InChI is InChI=1S/C12H16N2O3/c1-3-6-14-11(10(16-2)8-13-14)12(15)9-5-4-7-17-9/h4-5,7-8,12,15H,3,6H2,1-2H3. The molecule has 5 nitrogen and oxygen atoms in total. The molecule has 2 aromatic rings. The molecule has 0 aliphatic rings. The lowest BCUT2D eigenvalue weighted by Gasteiger charge is -2.12. The van der Waals surface area contributed by atoms with E-state index in [1.807, 2.05) is 0 Å². The first-order valence-corrected chi connectivity index (χ1v) is 5.59. The van der Waals surface area contributed by atoms with Crippen molar-refractivity contribution in [3.63, 3.8) is 0 Å². The summed E-state index contributed by atoms with van der Waals surface area (Å²) in [5.41, 5.74) is 0.629. The average molecular weight is 236 g/mol. The topological polar surface area (TPSA) is 60.4 Å². The maximum Gasteiger partial charge on any atom is 0.163 e. The van der Waals surface area contributed by atoms with Crippen LogP contribution in [0.1, 0.15) is 30.9 Å². The molecule has 0 aromatic carbocycles. The number of ether oxygens (including phenoxy) is 1. The van der Waals surface area contributed by atoms with Crippen molar-refractivity contribution in [2.45, 2.75) is 26.0 Å². The largest absolute Gasteiger partial charge is 0.493 e. The molecule has 0 saturated carbocycles. The van der Waals surface area contributed by atoms with Gasteiger partial charge in [0.2, 0.25) is 0 Å². The van der Waals surface area contributed by atoms with Gasteiger partial charge in [-0.25, -0.2) is 0 Å². The fourth-order valence-electron chi connectivity index (χ4n) is 1.78. The van der Waals surface area contributed by atoms with E-state index in [2.05, 4.69) is 12.0 Å². The Kier molecular flexibility index (Phi) is 3.49. The minimum atomic E-state index is -0.853. The van der Waals surface area contributed by atoms with Crippen molar-refractivity contribution in [3.05, 3.63) is 36.0 Å². The minimum Gasteiger partial charge on any atom is -0.493 e. The monoisotopic (exact) mass is 236 g/mol. The maximum absolute atomic E-state index is 10.3. The number of aryl methyl sites for hydroxylation is 1. The second kappa shape index (κ2) is 5.05. The van der Waals surface area contributed by atoms with Gasteiger partial charge in [0.1, 0.15) is 11.5 Å². The highest BCUT2D eigenvalue weighted by atomic mass is 16.5. The van der Waals surface area contributed by atoms with E-state index in [0.717, 1.165) is 13.0 Å². The van der Waals surface area contributed by atoms with Gasteiger partial charge >= 0.3 is 0 Å². The van der Waals surface area contributed by atoms with Crippen molar-refractivity contribution >= 4 is 0 Å². The first-order valence-electron chi connectivity index (χ1n) is 5.59. The van der Waals surface area contributed by atoms with Gasteiger partial charge in [-0.2, -0.15) is 5.10 Å². The van der Waals surface area contributed by atoms with Crippen LogP contribution in [0, 0.1) is 0 Å². The van der Waals surface area contributed by atoms with E-state index in [0.29, 0.717) is 17.2 Å². The van der Waals surface area contributed by atoms with Gasteiger partial charge in [0, 0.05) is 6.54 Å². The van der Waals surface area contributed by atoms with Gasteiger partial charge in [-0.1, -0.05) is 6.92 Å². The third kappa shape index (κ3) is 2.19. The van der Waals surface area contributed by atoms with Gasteiger partial charge in [-0.3, -0.25) is 4.68 Å². The summed E-state index contributed by atoms with van der Waals surface area (Å²) in [4.78, 5) is 0. The molecule has 1 unspecified atom stereocenters. The molecule has 0 bridgehead atoms. The summed E-state index contributed by atoms with van der Waals surface area (Å²) in [5, 5.41) is 14.5. The summed E-state index contributed by atoms with van der Waals surface area (Å²) >= 11 is 0. The van der Waals surface area contributed by atoms with E-state index in [1.54, 1.807) is 30.1 Å². The first kappa shape index (κ1) is 11.7. The van der Waals surface area contributed by atoms with Crippen molar-refractivity contribution in [1.29, 1.82) is 0 Å². The maximum atomic E-state index is 10.3. The molecule has 2 aromatic heterocycles. The highest BCUT2D eigenvalue weighted by Gasteiger charge is 2.23. The lowest BCUT2D eigenvalue weighted by atomic mass is 10.2. The molecule has 0 spiro atoms. The van der Waals surface area contributed by atoms with Gasteiger partial charge in [0.05, 0.1) is 19.6 Å². The quantitative estimate of drug-likeness (QED) is 0.862. The summed E-state index contributed by atoms with van der Waals surface area (Å²) < 4.78 is 12.2. The Labute approximate surface area is 99.6 Å². The fraction of sp³-hybridized carbons (Fsp3) is 0.417. The molecule has 1 atom stereocenters. The van der Waals surface area contributed by atoms with E-state index in [9.17, 15) is 5.11 Å². The van der Waals surface area contributed by atoms with Crippen molar-refractivity contribution in [3.8, 4) is 5.75 Å². The van der Waals surface area contributed by atoms with E-state index in [1.165, 1.54) is 6.26 Å². The molecule has 0 aliphatic heterocycles. The molecule has 92 valence electrons. The fourth-order valence-corrected chi connectivity index (χ4v) is 1.78. The summed E-state index contributed by atoms with van der Waals surface area (Å²) in [7, 11) is 1.56. The SMILES string of the molecule is CCCn1ncc(OC)c1C(O)c1ccco1. The third-order valence-electron chi connectivity index (χ3n) is 2.57. The summed E-state index contributed by atoms with van der Waals surface area (Å²) in [5.74, 6) is 1.06. The number of hydrogen-bond acceptors (Lipinski definition) is 4. The minimum absolute atomic E-state index is 0.487. The molecule has 0 aliphatic carbocycles. The van der Waals surface area contributed by atoms with Crippen LogP contribution < -0.4 is 4.74 Å². The van der Waals surface area contributed by atoms with E-state index in [4.69, 9.17) is 9.15 Å². The Morgan fingerprint density at radius 2 is 2.41 bits per heavy atom. The first-order chi connectivity index (χ1) is 8.27. The summed E-state index contributed by atoms with van der Waals surface area (Å²) in [6, 6.07) is 3.47. The lowest BCUT2D eigenvalue weighted by molar-refractivity contribution is 0.173. The third-order valence-corrected chi connectivity index (χ3v) is 2.57. The Bertz CT molecular complexity index is 462. The van der Waals surface area contributed by atoms with Crippen LogP contribution in [-0.2, 0) is 6.54 Å². The molecule has 0 fully saturated rings. The van der Waals surface area contributed by atoms with Gasteiger partial charge in [-0.15, -0.1) is 0 Å². The van der Waals surface area contributed by atoms with Crippen molar-refractivity contribution < 1.29 is 14.3 Å². The smallest absolute Gasteiger partial charge is 0.163 e. The molecule has 5 heteroatoms. The van der Waals surface area contributed by atoms with Gasteiger partial charge in [0.25, 0.3) is 0 Å². The van der Waals surface area contributed by atoms with Crippen molar-refractivity contribution in [2.24, 2.45) is 0 Å². The Balaban J connectivity index is 2.38. The van der Waals surface area contributed by atoms with Crippen LogP contribution >= 0.6 is 0 Å². The summed E-state index contributed by atoms with van der Waals surface area (Å²) in [6.45, 7) is 2.79. The number of aliphatic hydroxyl groups is 1. The van der Waals surface area contributed by atoms with Gasteiger partial charge < -0.3 is 14.3 Å². The van der Waals surface area contributed by atoms with E-state index >= 15 is 0 Å². The number of nitrogens with zero attached hydrogens (tertiary/aromatic N) is 2. The van der Waals surface area contributed by atoms with Crippen molar-refractivity contribution in [1.82, 2.24) is 9.78 Å². The highest BCUT2D eigenvalue weighted by molar-refractivity contribution is 5.31. The number of methoxy groups -OCH3 is 1. The second-order valence-electron chi connectivity index (χ2n) is 3.74. The normalized spacial score (nSPS) is 12.6. The number of aromatic nitrogens is 2. The van der Waals surface area contributed by atoms with Crippen LogP contribution in [0.4, 0.5) is 0 Å². The molecule has 1 N–H and O–H groups in total. The zero-order valence-corrected chi connectivity index (χ0v) is 9.96. The van der Waals surface area contributed by atoms with Crippen LogP contribution in [0.3, 0.4) is 0 Å². The molecular formula is C12H16N2O3. The van der Waals surface area contributed by atoms with Gasteiger partial charge in [-0.05, 0) is 18.6 Å². The zero-order valence-electron chi connectivity index (χ0n) is 9.96. The number of hydrogen-bond donors (Lipinski definition) is 1. The summed E-state index contributed by atoms with van der Waals surface area (Å²) in [6.07, 6.45) is 3.22. The lowest BCUT2D eigenvalue weighted by Crippen LogP contribution is -2.10. The Morgan fingerprint density at radius 1 is 1.59 bits per heavy atom. The Morgan fingerprint density at radius 3 is 3.00 bits per heavy atom. The van der Waals surface area contributed by atoms with Crippen LogP contribution in [0.2, 0.25) is 0 Å². The molecular weight excluding hydrogens is 220 g/mol. The van der Waals surface area contributed by atoms with Crippen molar-refractivity contribution in [2.75, 3.05) is 7.11 Å². The number of aliphatic hydroxyl groups excluding tert-OH is 1. The molecule has 0 saturated heterocycles. The van der Waals surface area contributed by atoms with E-state index < -0.39 is 6.10 Å².